The van der Waals surface area contributed by atoms with Crippen molar-refractivity contribution in [1.29, 1.82) is 0 Å². The van der Waals surface area contributed by atoms with E-state index in [1.807, 2.05) is 47.4 Å². The SMILES string of the molecule is CCCCN(C(=O)Nc1ccc(Cl)cc1)[C@@H](c1ccccc1)c1ccncc1. The minimum Gasteiger partial charge on any atom is -0.313 e. The van der Waals surface area contributed by atoms with Crippen LogP contribution in [-0.4, -0.2) is 22.5 Å². The smallest absolute Gasteiger partial charge is 0.313 e. The second-order valence-electron chi connectivity index (χ2n) is 6.58. The summed E-state index contributed by atoms with van der Waals surface area (Å²) in [4.78, 5) is 19.3. The molecule has 0 saturated carbocycles. The number of aromatic nitrogens is 1. The van der Waals surface area contributed by atoms with Gasteiger partial charge in [0.1, 0.15) is 0 Å². The summed E-state index contributed by atoms with van der Waals surface area (Å²) in [5.41, 5.74) is 2.82. The van der Waals surface area contributed by atoms with Crippen molar-refractivity contribution in [3.05, 3.63) is 95.3 Å². The van der Waals surface area contributed by atoms with Crippen LogP contribution in [-0.2, 0) is 0 Å². The van der Waals surface area contributed by atoms with Crippen LogP contribution in [0.3, 0.4) is 0 Å². The van der Waals surface area contributed by atoms with Crippen molar-refractivity contribution < 1.29 is 4.79 Å². The average Bonchev–Trinajstić information content (AvgIpc) is 2.74. The fourth-order valence-corrected chi connectivity index (χ4v) is 3.26. The largest absolute Gasteiger partial charge is 0.322 e. The van der Waals surface area contributed by atoms with Crippen LogP contribution in [0.4, 0.5) is 10.5 Å². The number of anilines is 1. The molecule has 0 saturated heterocycles. The van der Waals surface area contributed by atoms with Crippen LogP contribution >= 0.6 is 11.6 Å². The van der Waals surface area contributed by atoms with Gasteiger partial charge in [-0.1, -0.05) is 55.3 Å². The number of halogens is 1. The summed E-state index contributed by atoms with van der Waals surface area (Å²) in [5, 5.41) is 3.65. The van der Waals surface area contributed by atoms with Crippen LogP contribution in [0.2, 0.25) is 5.02 Å². The molecule has 28 heavy (non-hydrogen) atoms. The molecule has 0 unspecified atom stereocenters. The number of carbonyl (C=O) groups is 1. The predicted octanol–water partition coefficient (Wildman–Crippen LogP) is 6.16. The first-order valence-electron chi connectivity index (χ1n) is 9.47. The van der Waals surface area contributed by atoms with Crippen LogP contribution in [0.15, 0.2) is 79.1 Å². The quantitative estimate of drug-likeness (QED) is 0.522. The Bertz CT molecular complexity index is 830. The summed E-state index contributed by atoms with van der Waals surface area (Å²) in [6, 6.07) is 20.8. The third-order valence-corrected chi connectivity index (χ3v) is 4.81. The lowest BCUT2D eigenvalue weighted by molar-refractivity contribution is 0.197. The van der Waals surface area contributed by atoms with E-state index in [0.717, 1.165) is 29.7 Å². The number of hydrogen-bond acceptors (Lipinski definition) is 2. The van der Waals surface area contributed by atoms with Crippen LogP contribution in [0.25, 0.3) is 0 Å². The average molecular weight is 394 g/mol. The normalized spacial score (nSPS) is 11.6. The van der Waals surface area contributed by atoms with Gasteiger partial charge in [-0.25, -0.2) is 4.79 Å². The molecule has 2 amide bonds. The van der Waals surface area contributed by atoms with Crippen molar-refractivity contribution in [2.24, 2.45) is 0 Å². The van der Waals surface area contributed by atoms with E-state index in [0.29, 0.717) is 11.6 Å². The summed E-state index contributed by atoms with van der Waals surface area (Å²) in [7, 11) is 0. The molecule has 5 heteroatoms. The van der Waals surface area contributed by atoms with Crippen molar-refractivity contribution >= 4 is 23.3 Å². The Balaban J connectivity index is 1.95. The van der Waals surface area contributed by atoms with Crippen LogP contribution in [0.5, 0.6) is 0 Å². The van der Waals surface area contributed by atoms with Gasteiger partial charge in [0, 0.05) is 29.6 Å². The van der Waals surface area contributed by atoms with Gasteiger partial charge in [-0.15, -0.1) is 0 Å². The molecule has 0 aliphatic carbocycles. The van der Waals surface area contributed by atoms with E-state index in [-0.39, 0.29) is 12.1 Å². The van der Waals surface area contributed by atoms with Crippen LogP contribution in [0, 0.1) is 0 Å². The number of nitrogens with zero attached hydrogens (tertiary/aromatic N) is 2. The highest BCUT2D eigenvalue weighted by atomic mass is 35.5. The van der Waals surface area contributed by atoms with E-state index in [1.54, 1.807) is 24.5 Å². The topological polar surface area (TPSA) is 45.2 Å². The summed E-state index contributed by atoms with van der Waals surface area (Å²) in [5.74, 6) is 0. The molecule has 2 aromatic carbocycles. The molecule has 144 valence electrons. The van der Waals surface area contributed by atoms with E-state index in [1.165, 1.54) is 0 Å². The third-order valence-electron chi connectivity index (χ3n) is 4.56. The van der Waals surface area contributed by atoms with E-state index >= 15 is 0 Å². The van der Waals surface area contributed by atoms with Gasteiger partial charge in [-0.3, -0.25) is 4.98 Å². The van der Waals surface area contributed by atoms with Crippen LogP contribution < -0.4 is 5.32 Å². The Labute approximate surface area is 171 Å². The van der Waals surface area contributed by atoms with Crippen molar-refractivity contribution in [2.75, 3.05) is 11.9 Å². The van der Waals surface area contributed by atoms with Gasteiger partial charge in [0.2, 0.25) is 0 Å². The van der Waals surface area contributed by atoms with Gasteiger partial charge < -0.3 is 10.2 Å². The highest BCUT2D eigenvalue weighted by molar-refractivity contribution is 6.30. The molecule has 1 aromatic heterocycles. The predicted molar refractivity (Wildman–Crippen MR) is 115 cm³/mol. The van der Waals surface area contributed by atoms with E-state index < -0.39 is 0 Å². The summed E-state index contributed by atoms with van der Waals surface area (Å²) >= 11 is 5.96. The lowest BCUT2D eigenvalue weighted by atomic mass is 9.98. The number of amides is 2. The van der Waals surface area contributed by atoms with Gasteiger partial charge in [0.05, 0.1) is 6.04 Å². The number of rotatable bonds is 7. The molecular weight excluding hydrogens is 370 g/mol. The lowest BCUT2D eigenvalue weighted by Crippen LogP contribution is -2.39. The maximum Gasteiger partial charge on any atom is 0.322 e. The summed E-state index contributed by atoms with van der Waals surface area (Å²) in [6.07, 6.45) is 5.45. The maximum absolute atomic E-state index is 13.3. The van der Waals surface area contributed by atoms with Gasteiger partial charge in [0.25, 0.3) is 0 Å². The zero-order chi connectivity index (χ0) is 19.8. The number of carbonyl (C=O) groups excluding carboxylic acids is 1. The molecule has 1 N–H and O–H groups in total. The van der Waals surface area contributed by atoms with Gasteiger partial charge in [-0.05, 0) is 53.9 Å². The zero-order valence-corrected chi connectivity index (χ0v) is 16.6. The molecule has 0 fully saturated rings. The Hall–Kier alpha value is -2.85. The summed E-state index contributed by atoms with van der Waals surface area (Å²) in [6.45, 7) is 2.77. The first-order chi connectivity index (χ1) is 13.7. The minimum atomic E-state index is -0.192. The second kappa shape index (κ2) is 9.90. The fourth-order valence-electron chi connectivity index (χ4n) is 3.14. The molecule has 4 nitrogen and oxygen atoms in total. The summed E-state index contributed by atoms with van der Waals surface area (Å²) < 4.78 is 0. The Morgan fingerprint density at radius 1 is 1.00 bits per heavy atom. The van der Waals surface area contributed by atoms with Crippen molar-refractivity contribution in [3.63, 3.8) is 0 Å². The number of unbranched alkanes of at least 4 members (excludes halogenated alkanes) is 1. The minimum absolute atomic E-state index is 0.138. The van der Waals surface area contributed by atoms with Gasteiger partial charge in [0.15, 0.2) is 0 Å². The fraction of sp³-hybridized carbons (Fsp3) is 0.217. The Morgan fingerprint density at radius 2 is 1.64 bits per heavy atom. The van der Waals surface area contributed by atoms with Gasteiger partial charge >= 0.3 is 6.03 Å². The monoisotopic (exact) mass is 393 g/mol. The third kappa shape index (κ3) is 5.11. The highest BCUT2D eigenvalue weighted by Gasteiger charge is 2.26. The van der Waals surface area contributed by atoms with Crippen molar-refractivity contribution in [2.45, 2.75) is 25.8 Å². The van der Waals surface area contributed by atoms with Crippen molar-refractivity contribution in [1.82, 2.24) is 9.88 Å². The van der Waals surface area contributed by atoms with Gasteiger partial charge in [-0.2, -0.15) is 0 Å². The molecule has 0 aliphatic rings. The number of hydrogen-bond donors (Lipinski definition) is 1. The highest BCUT2D eigenvalue weighted by Crippen LogP contribution is 2.29. The molecule has 1 atom stereocenters. The number of pyridine rings is 1. The maximum atomic E-state index is 13.3. The van der Waals surface area contributed by atoms with E-state index in [2.05, 4.69) is 29.4 Å². The van der Waals surface area contributed by atoms with E-state index in [9.17, 15) is 4.79 Å². The van der Waals surface area contributed by atoms with Crippen LogP contribution in [0.1, 0.15) is 36.9 Å². The number of urea groups is 1. The zero-order valence-electron chi connectivity index (χ0n) is 15.9. The number of nitrogens with one attached hydrogen (secondary N) is 1. The second-order valence-corrected chi connectivity index (χ2v) is 7.01. The van der Waals surface area contributed by atoms with E-state index in [4.69, 9.17) is 11.6 Å². The van der Waals surface area contributed by atoms with Crippen molar-refractivity contribution in [3.8, 4) is 0 Å². The molecule has 0 bridgehead atoms. The number of benzene rings is 2. The molecule has 0 spiro atoms. The molecule has 3 rings (SSSR count). The molecule has 0 aliphatic heterocycles. The molecule has 3 aromatic rings. The first kappa shape index (κ1) is 19.9. The molecule has 1 heterocycles. The Kier molecular flexibility index (Phi) is 7.04. The lowest BCUT2D eigenvalue weighted by Gasteiger charge is -2.32. The molecule has 0 radical (unpaired) electrons. The first-order valence-corrected chi connectivity index (χ1v) is 9.85. The Morgan fingerprint density at radius 3 is 2.29 bits per heavy atom. The molecular formula is C23H24ClN3O. The standard InChI is InChI=1S/C23H24ClN3O/c1-2-3-17-27(23(28)26-21-11-9-20(24)10-12-21)22(18-7-5-4-6-8-18)19-13-15-25-16-14-19/h4-16,22H,2-3,17H2,1H3,(H,26,28)/t22-/m0/s1.